The van der Waals surface area contributed by atoms with E-state index in [1.807, 2.05) is 0 Å². The van der Waals surface area contributed by atoms with Crippen LogP contribution in [0.25, 0.3) is 99.5 Å². The molecular weight excluding hydrogens is 1570 g/mol. The zero-order valence-corrected chi connectivity index (χ0v) is 84.0. The number of fused-ring (bicyclic) bond motifs is 12. The molecule has 4 aliphatic rings. The standard InChI is InChI=1S/C125H141BN4/c1-116(2,3)82-39-31-35-76(59-82)95-69-90(124(25,26)27)70-96(77-36-32-40-83(60-77)117(4,5)6)114(95)129-109-73-92(127-105-53-45-86(120(13,14)15)65-99(105)100-66-87(121(16,17)18)46-54-106(100)127)49-51-103(109)126-104-52-50-93(128-107-55-47-88(122(19,20)21)67-101(107)102-68-89(123(22,23)24)48-56-108(102)128)74-110(104)130(112-64-81(63-111(129)113(112)126)94-58-75-43-44-80(94)57-75)115-97(78-37-33-41-84(61-78)118(7,8)9)71-91(125(28,29)30)72-98(115)79-38-34-42-85(62-79)119(10,11)12/h31-42,45-56,59-75,80,94H,43-44,57-58H2,1-30H3/t75-,80+,94?/m0/s1. The lowest BCUT2D eigenvalue weighted by Gasteiger charge is -2.46. The predicted octanol–water partition coefficient (Wildman–Crippen LogP) is 33.5. The number of hydrogen-bond acceptors (Lipinski definition) is 2. The van der Waals surface area contributed by atoms with Crippen molar-refractivity contribution in [2.24, 2.45) is 11.8 Å². The summed E-state index contributed by atoms with van der Waals surface area (Å²) in [5.41, 5.74) is 41.1. The van der Waals surface area contributed by atoms with Gasteiger partial charge in [-0.1, -0.05) is 348 Å². The maximum absolute atomic E-state index is 2.90. The van der Waals surface area contributed by atoms with Gasteiger partial charge < -0.3 is 18.9 Å². The number of rotatable bonds is 9. The molecular formula is C125H141BN4. The minimum Gasteiger partial charge on any atom is -0.310 e. The van der Waals surface area contributed by atoms with Crippen molar-refractivity contribution in [3.05, 3.63) is 304 Å². The monoisotopic (exact) mass is 1710 g/mol. The molecule has 0 amide bonds. The average Bonchev–Trinajstić information content (AvgIpc) is 0.698. The van der Waals surface area contributed by atoms with Crippen LogP contribution in [0.1, 0.15) is 301 Å². The molecule has 3 atom stereocenters. The number of nitrogens with zero attached hydrogens (tertiary/aromatic N) is 4. The molecule has 664 valence electrons. The topological polar surface area (TPSA) is 16.3 Å². The van der Waals surface area contributed by atoms with E-state index in [0.29, 0.717) is 17.8 Å². The normalized spacial score (nSPS) is 16.4. The molecule has 5 heteroatoms. The molecule has 2 bridgehead atoms. The summed E-state index contributed by atoms with van der Waals surface area (Å²) in [6, 6.07) is 100. The van der Waals surface area contributed by atoms with Crippen LogP contribution in [-0.4, -0.2) is 15.8 Å². The van der Waals surface area contributed by atoms with E-state index >= 15 is 0 Å². The van der Waals surface area contributed by atoms with E-state index < -0.39 is 0 Å². The van der Waals surface area contributed by atoms with E-state index in [4.69, 9.17) is 0 Å². The molecule has 2 aromatic heterocycles. The number of benzene rings is 13. The Hall–Kier alpha value is -10.9. The molecule has 0 saturated heterocycles. The Balaban J connectivity index is 1.04. The van der Waals surface area contributed by atoms with E-state index in [2.05, 4.69) is 469 Å². The quantitative estimate of drug-likeness (QED) is 0.134. The first kappa shape index (κ1) is 88.4. The zero-order chi connectivity index (χ0) is 92.7. The third-order valence-corrected chi connectivity index (χ3v) is 30.3. The second-order valence-electron chi connectivity index (χ2n) is 50.1. The van der Waals surface area contributed by atoms with Gasteiger partial charge in [0, 0.05) is 77.9 Å². The van der Waals surface area contributed by atoms with Crippen molar-refractivity contribution in [1.29, 1.82) is 0 Å². The smallest absolute Gasteiger partial charge is 0.252 e. The Morgan fingerprint density at radius 3 is 0.777 bits per heavy atom. The fourth-order valence-electron chi connectivity index (χ4n) is 22.2. The van der Waals surface area contributed by atoms with Gasteiger partial charge in [-0.2, -0.15) is 0 Å². The molecule has 2 aliphatic heterocycles. The van der Waals surface area contributed by atoms with Crippen LogP contribution in [0.2, 0.25) is 0 Å². The molecule has 2 fully saturated rings. The first-order valence-electron chi connectivity index (χ1n) is 48.8. The van der Waals surface area contributed by atoms with E-state index in [1.165, 1.54) is 226 Å². The van der Waals surface area contributed by atoms with Crippen LogP contribution in [0, 0.1) is 11.8 Å². The van der Waals surface area contributed by atoms with Gasteiger partial charge in [-0.3, -0.25) is 0 Å². The van der Waals surface area contributed by atoms with Crippen LogP contribution >= 0.6 is 0 Å². The minimum absolute atomic E-state index is 0.0768. The number of anilines is 6. The van der Waals surface area contributed by atoms with Crippen LogP contribution in [-0.2, 0) is 54.1 Å². The van der Waals surface area contributed by atoms with Gasteiger partial charge >= 0.3 is 0 Å². The second-order valence-corrected chi connectivity index (χ2v) is 50.1. The van der Waals surface area contributed by atoms with Gasteiger partial charge in [-0.15, -0.1) is 0 Å². The predicted molar refractivity (Wildman–Crippen MR) is 566 cm³/mol. The van der Waals surface area contributed by atoms with Crippen LogP contribution in [0.3, 0.4) is 0 Å². The minimum atomic E-state index is -0.272. The lowest BCUT2D eigenvalue weighted by molar-refractivity contribution is 0.420. The largest absolute Gasteiger partial charge is 0.310 e. The van der Waals surface area contributed by atoms with Gasteiger partial charge in [-0.25, -0.2) is 0 Å². The summed E-state index contributed by atoms with van der Waals surface area (Å²) in [5, 5.41) is 5.12. The molecule has 0 radical (unpaired) electrons. The second kappa shape index (κ2) is 30.3. The summed E-state index contributed by atoms with van der Waals surface area (Å²) in [5.74, 6) is 1.55. The van der Waals surface area contributed by atoms with Gasteiger partial charge in [0.05, 0.1) is 33.4 Å². The van der Waals surface area contributed by atoms with Gasteiger partial charge in [0.15, 0.2) is 0 Å². The highest BCUT2D eigenvalue weighted by molar-refractivity contribution is 7.00. The Morgan fingerprint density at radius 2 is 0.523 bits per heavy atom. The van der Waals surface area contributed by atoms with Gasteiger partial charge in [-0.05, 0) is 300 Å². The lowest BCUT2D eigenvalue weighted by atomic mass is 9.33. The Labute approximate surface area is 779 Å². The fourth-order valence-corrected chi connectivity index (χ4v) is 22.2. The molecule has 15 aromatic rings. The molecule has 13 aromatic carbocycles. The van der Waals surface area contributed by atoms with Crippen LogP contribution < -0.4 is 26.2 Å². The van der Waals surface area contributed by atoms with E-state index in [-0.39, 0.29) is 60.9 Å². The van der Waals surface area contributed by atoms with Crippen LogP contribution in [0.15, 0.2) is 243 Å². The highest BCUT2D eigenvalue weighted by Crippen LogP contribution is 2.60. The van der Waals surface area contributed by atoms with Gasteiger partial charge in [0.2, 0.25) is 0 Å². The molecule has 0 spiro atoms. The van der Waals surface area contributed by atoms with Crippen molar-refractivity contribution < 1.29 is 0 Å². The Morgan fingerprint density at radius 1 is 0.246 bits per heavy atom. The van der Waals surface area contributed by atoms with Crippen molar-refractivity contribution >= 4 is 101 Å². The van der Waals surface area contributed by atoms with Crippen LogP contribution in [0.5, 0.6) is 0 Å². The molecule has 0 N–H and O–H groups in total. The number of hydrogen-bond donors (Lipinski definition) is 0. The summed E-state index contributed by atoms with van der Waals surface area (Å²) in [6.45, 7) is 71.3. The highest BCUT2D eigenvalue weighted by atomic mass is 15.2. The lowest BCUT2D eigenvalue weighted by Crippen LogP contribution is -2.61. The third-order valence-electron chi connectivity index (χ3n) is 30.3. The van der Waals surface area contributed by atoms with Crippen LogP contribution in [0.4, 0.5) is 34.1 Å². The fraction of sp³-hybridized carbons (Fsp3) is 0.376. The van der Waals surface area contributed by atoms with Gasteiger partial charge in [0.25, 0.3) is 6.71 Å². The van der Waals surface area contributed by atoms with E-state index in [0.717, 1.165) is 11.4 Å². The molecule has 130 heavy (non-hydrogen) atoms. The van der Waals surface area contributed by atoms with E-state index in [1.54, 1.807) is 0 Å². The summed E-state index contributed by atoms with van der Waals surface area (Å²) < 4.78 is 5.27. The maximum atomic E-state index is 2.90. The van der Waals surface area contributed by atoms with Crippen molar-refractivity contribution in [2.75, 3.05) is 9.80 Å². The zero-order valence-electron chi connectivity index (χ0n) is 84.0. The summed E-state index contributed by atoms with van der Waals surface area (Å²) in [6.07, 6.45) is 4.97. The molecule has 4 heterocycles. The first-order chi connectivity index (χ1) is 60.7. The molecule has 1 unspecified atom stereocenters. The van der Waals surface area contributed by atoms with Crippen molar-refractivity contribution in [1.82, 2.24) is 9.13 Å². The number of aromatic nitrogens is 2. The molecule has 2 aliphatic carbocycles. The Bertz CT molecular complexity index is 6400. The first-order valence-corrected chi connectivity index (χ1v) is 48.8. The molecule has 2 saturated carbocycles. The Kier molecular flexibility index (Phi) is 20.6. The summed E-state index contributed by atoms with van der Waals surface area (Å²) in [4.78, 5) is 5.80. The third kappa shape index (κ3) is 15.4. The van der Waals surface area contributed by atoms with Crippen molar-refractivity contribution in [3.8, 4) is 55.9 Å². The van der Waals surface area contributed by atoms with Crippen molar-refractivity contribution in [2.45, 2.75) is 293 Å². The van der Waals surface area contributed by atoms with Gasteiger partial charge in [0.1, 0.15) is 0 Å². The SMILES string of the molecule is CC(C)(C)c1cccc(-c2cc(C(C)(C)C)cc(-c3cccc(C(C)(C)C)c3)c2N2c3cc(-n4c5ccc(C(C)(C)C)cc5c5cc(C(C)(C)C)ccc54)ccc3B3c4ccc(-n5c6ccc(C(C)(C)C)cc6c6cc(C(C)(C)C)ccc65)cc4N(c4c(-c5cccc(C(C)(C)C)c5)cc(C(C)(C)C)cc4-c4cccc(C(C)(C)C)c4)c4cc(C5C[C@H]6CC[C@@H]5C6)cc2c43)c1. The maximum Gasteiger partial charge on any atom is 0.252 e. The van der Waals surface area contributed by atoms with Crippen molar-refractivity contribution in [3.63, 3.8) is 0 Å². The van der Waals surface area contributed by atoms with E-state index in [9.17, 15) is 0 Å². The molecule has 19 rings (SSSR count). The highest BCUT2D eigenvalue weighted by Gasteiger charge is 2.49. The molecule has 4 nitrogen and oxygen atoms in total. The average molecular weight is 1710 g/mol. The summed E-state index contributed by atoms with van der Waals surface area (Å²) in [7, 11) is 0. The summed E-state index contributed by atoms with van der Waals surface area (Å²) >= 11 is 0.